The fourth-order valence-electron chi connectivity index (χ4n) is 1.28. The Hall–Kier alpha value is -0.850. The van der Waals surface area contributed by atoms with E-state index >= 15 is 0 Å². The second-order valence-corrected chi connectivity index (χ2v) is 7.59. The van der Waals surface area contributed by atoms with Crippen LogP contribution in [0.1, 0.15) is 24.2 Å². The van der Waals surface area contributed by atoms with Gasteiger partial charge in [0.1, 0.15) is 0 Å². The minimum absolute atomic E-state index is 0.115. The van der Waals surface area contributed by atoms with Crippen LogP contribution in [-0.2, 0) is 9.05 Å². The summed E-state index contributed by atoms with van der Waals surface area (Å²) in [6.07, 6.45) is 1.86. The Kier molecular flexibility index (Phi) is 5.58. The van der Waals surface area contributed by atoms with Gasteiger partial charge in [0.15, 0.2) is 0 Å². The van der Waals surface area contributed by atoms with E-state index < -0.39 is 9.05 Å². The van der Waals surface area contributed by atoms with Gasteiger partial charge in [0, 0.05) is 27.3 Å². The third kappa shape index (κ3) is 5.34. The van der Waals surface area contributed by atoms with E-state index in [9.17, 15) is 13.2 Å². The molecule has 0 saturated heterocycles. The van der Waals surface area contributed by atoms with Gasteiger partial charge >= 0.3 is 0 Å². The van der Waals surface area contributed by atoms with Crippen molar-refractivity contribution in [3.05, 3.63) is 39.9 Å². The fourth-order valence-corrected chi connectivity index (χ4v) is 2.73. The van der Waals surface area contributed by atoms with Crippen LogP contribution in [0.25, 0.3) is 0 Å². The number of carbonyl (C=O) groups is 1. The van der Waals surface area contributed by atoms with Crippen LogP contribution in [0, 0.1) is 0 Å². The quantitative estimate of drug-likeness (QED) is 0.658. The highest BCUT2D eigenvalue weighted by atomic mass is 79.9. The van der Waals surface area contributed by atoms with Gasteiger partial charge in [-0.3, -0.25) is 4.79 Å². The summed E-state index contributed by atoms with van der Waals surface area (Å²) in [5.74, 6) is -0.361. The van der Waals surface area contributed by atoms with Gasteiger partial charge in [0.05, 0.1) is 4.90 Å². The SMILES string of the molecule is CC(C)=CCNC(=O)c1cc(Br)cc(S(=O)(=O)Cl)c1. The van der Waals surface area contributed by atoms with Crippen molar-refractivity contribution < 1.29 is 13.2 Å². The average molecular weight is 367 g/mol. The van der Waals surface area contributed by atoms with Crippen molar-refractivity contribution in [2.24, 2.45) is 0 Å². The zero-order valence-electron chi connectivity index (χ0n) is 10.4. The number of hydrogen-bond donors (Lipinski definition) is 1. The first-order valence-electron chi connectivity index (χ1n) is 5.37. The second kappa shape index (κ2) is 6.54. The van der Waals surface area contributed by atoms with Crippen LogP contribution >= 0.6 is 26.6 Å². The Balaban J connectivity index is 2.98. The van der Waals surface area contributed by atoms with Gasteiger partial charge in [-0.05, 0) is 32.0 Å². The first-order chi connectivity index (χ1) is 8.70. The smallest absolute Gasteiger partial charge is 0.261 e. The molecule has 0 aromatic heterocycles. The molecule has 0 heterocycles. The Morgan fingerprint density at radius 1 is 1.37 bits per heavy atom. The highest BCUT2D eigenvalue weighted by Crippen LogP contribution is 2.22. The minimum atomic E-state index is -3.86. The zero-order chi connectivity index (χ0) is 14.6. The number of benzene rings is 1. The van der Waals surface area contributed by atoms with Crippen LogP contribution in [0.4, 0.5) is 0 Å². The molecule has 104 valence electrons. The van der Waals surface area contributed by atoms with E-state index in [4.69, 9.17) is 10.7 Å². The Bertz CT molecular complexity index is 622. The number of nitrogens with one attached hydrogen (secondary N) is 1. The molecule has 0 saturated carbocycles. The molecule has 0 aliphatic rings. The molecule has 0 aliphatic carbocycles. The summed E-state index contributed by atoms with van der Waals surface area (Å²) in [6, 6.07) is 4.11. The number of carbonyl (C=O) groups excluding carboxylic acids is 1. The van der Waals surface area contributed by atoms with Gasteiger partial charge in [0.2, 0.25) is 0 Å². The van der Waals surface area contributed by atoms with Gasteiger partial charge in [0.25, 0.3) is 15.0 Å². The fraction of sp³-hybridized carbons (Fsp3) is 0.250. The van der Waals surface area contributed by atoms with Crippen LogP contribution in [0.5, 0.6) is 0 Å². The third-order valence-electron chi connectivity index (χ3n) is 2.19. The van der Waals surface area contributed by atoms with E-state index in [1.165, 1.54) is 18.2 Å². The molecule has 0 unspecified atom stereocenters. The summed E-state index contributed by atoms with van der Waals surface area (Å²) in [6.45, 7) is 4.23. The van der Waals surface area contributed by atoms with Gasteiger partial charge in [-0.1, -0.05) is 27.6 Å². The van der Waals surface area contributed by atoms with Crippen molar-refractivity contribution in [1.82, 2.24) is 5.32 Å². The number of amides is 1. The zero-order valence-corrected chi connectivity index (χ0v) is 13.6. The number of rotatable bonds is 4. The average Bonchev–Trinajstić information content (AvgIpc) is 2.26. The van der Waals surface area contributed by atoms with Gasteiger partial charge in [-0.15, -0.1) is 0 Å². The van der Waals surface area contributed by atoms with Crippen LogP contribution in [0.2, 0.25) is 0 Å². The van der Waals surface area contributed by atoms with E-state index in [1.807, 2.05) is 19.9 Å². The topological polar surface area (TPSA) is 63.2 Å². The van der Waals surface area contributed by atoms with Crippen LogP contribution in [0.3, 0.4) is 0 Å². The summed E-state index contributed by atoms with van der Waals surface area (Å²) < 4.78 is 23.0. The molecule has 1 rings (SSSR count). The number of allylic oxidation sites excluding steroid dienone is 1. The van der Waals surface area contributed by atoms with E-state index in [0.29, 0.717) is 11.0 Å². The van der Waals surface area contributed by atoms with Gasteiger partial charge in [-0.2, -0.15) is 0 Å². The van der Waals surface area contributed by atoms with Crippen molar-refractivity contribution in [2.45, 2.75) is 18.7 Å². The molecule has 0 aliphatic heterocycles. The summed E-state index contributed by atoms with van der Waals surface area (Å²) in [4.78, 5) is 11.7. The Labute approximate surface area is 125 Å². The highest BCUT2D eigenvalue weighted by molar-refractivity contribution is 9.10. The van der Waals surface area contributed by atoms with Crippen molar-refractivity contribution in [2.75, 3.05) is 6.54 Å². The van der Waals surface area contributed by atoms with Crippen molar-refractivity contribution >= 4 is 41.6 Å². The lowest BCUT2D eigenvalue weighted by molar-refractivity contribution is 0.0957. The predicted molar refractivity (Wildman–Crippen MR) is 78.9 cm³/mol. The van der Waals surface area contributed by atoms with E-state index in [-0.39, 0.29) is 16.4 Å². The first kappa shape index (κ1) is 16.2. The molecular formula is C12H13BrClNO3S. The Morgan fingerprint density at radius 3 is 2.53 bits per heavy atom. The molecule has 0 radical (unpaired) electrons. The standard InChI is InChI=1S/C12H13BrClNO3S/c1-8(2)3-4-15-12(16)9-5-10(13)7-11(6-9)19(14,17)18/h3,5-7H,4H2,1-2H3,(H,15,16). The molecule has 0 bridgehead atoms. The molecule has 0 spiro atoms. The molecule has 19 heavy (non-hydrogen) atoms. The van der Waals surface area contributed by atoms with E-state index in [2.05, 4.69) is 21.2 Å². The Morgan fingerprint density at radius 2 is 2.00 bits per heavy atom. The lowest BCUT2D eigenvalue weighted by Crippen LogP contribution is -2.23. The van der Waals surface area contributed by atoms with Crippen LogP contribution in [0.15, 0.2) is 39.2 Å². The molecule has 1 amide bonds. The molecule has 0 atom stereocenters. The van der Waals surface area contributed by atoms with Crippen molar-refractivity contribution in [3.8, 4) is 0 Å². The monoisotopic (exact) mass is 365 g/mol. The lowest BCUT2D eigenvalue weighted by atomic mass is 10.2. The maximum Gasteiger partial charge on any atom is 0.261 e. The second-order valence-electron chi connectivity index (χ2n) is 4.10. The molecule has 1 aromatic carbocycles. The first-order valence-corrected chi connectivity index (χ1v) is 8.47. The summed E-state index contributed by atoms with van der Waals surface area (Å²) >= 11 is 3.15. The minimum Gasteiger partial charge on any atom is -0.349 e. The highest BCUT2D eigenvalue weighted by Gasteiger charge is 2.14. The lowest BCUT2D eigenvalue weighted by Gasteiger charge is -2.05. The number of hydrogen-bond acceptors (Lipinski definition) is 3. The van der Waals surface area contributed by atoms with Crippen LogP contribution < -0.4 is 5.32 Å². The molecule has 1 N–H and O–H groups in total. The van der Waals surface area contributed by atoms with Crippen molar-refractivity contribution in [3.63, 3.8) is 0 Å². The van der Waals surface area contributed by atoms with Crippen molar-refractivity contribution in [1.29, 1.82) is 0 Å². The summed E-state index contributed by atoms with van der Waals surface area (Å²) in [7, 11) is 1.40. The van der Waals surface area contributed by atoms with Gasteiger partial charge in [-0.25, -0.2) is 8.42 Å². The van der Waals surface area contributed by atoms with Crippen LogP contribution in [-0.4, -0.2) is 20.9 Å². The summed E-state index contributed by atoms with van der Waals surface area (Å²) in [5.41, 5.74) is 1.31. The largest absolute Gasteiger partial charge is 0.349 e. The van der Waals surface area contributed by atoms with Gasteiger partial charge < -0.3 is 5.32 Å². The molecule has 7 heteroatoms. The molecule has 4 nitrogen and oxygen atoms in total. The van der Waals surface area contributed by atoms with E-state index in [1.54, 1.807) is 0 Å². The predicted octanol–water partition coefficient (Wildman–Crippen LogP) is 3.07. The maximum absolute atomic E-state index is 11.9. The summed E-state index contributed by atoms with van der Waals surface area (Å²) in [5, 5.41) is 2.66. The normalized spacial score (nSPS) is 10.9. The van der Waals surface area contributed by atoms with E-state index in [0.717, 1.165) is 5.57 Å². The molecular weight excluding hydrogens is 354 g/mol. The molecule has 1 aromatic rings. The third-order valence-corrected chi connectivity index (χ3v) is 3.98. The number of halogens is 2. The molecule has 0 fully saturated rings. The maximum atomic E-state index is 11.9.